The van der Waals surface area contributed by atoms with Gasteiger partial charge in [0.2, 0.25) is 0 Å². The van der Waals surface area contributed by atoms with E-state index >= 15 is 0 Å². The molecule has 1 fully saturated rings. The second-order valence-electron chi connectivity index (χ2n) is 5.76. The minimum atomic E-state index is -4.27. The Labute approximate surface area is 147 Å². The predicted molar refractivity (Wildman–Crippen MR) is 91.1 cm³/mol. The fourth-order valence-corrected chi connectivity index (χ4v) is 2.80. The quantitative estimate of drug-likeness (QED) is 0.650. The van der Waals surface area contributed by atoms with Crippen molar-refractivity contribution in [3.8, 4) is 0 Å². The van der Waals surface area contributed by atoms with Crippen molar-refractivity contribution in [2.24, 2.45) is 0 Å². The standard InChI is InChI=1S/C11H13NO2.C7H8O3S/c13-11(9-4-2-1-3-5-9)14-10-6-7-12-8-10;1-6-2-4-7(5-3-6)11(8,9)10/h1-5,10,12H,6-8H2;2-5H,1H3,(H,8,9,10)/t10-;/m0./s1. The number of hydrogen-bond acceptors (Lipinski definition) is 5. The van der Waals surface area contributed by atoms with Crippen molar-refractivity contribution in [1.29, 1.82) is 0 Å². The molecule has 1 aliphatic heterocycles. The first kappa shape index (κ1) is 19.1. The molecule has 0 spiro atoms. The zero-order chi connectivity index (χ0) is 18.3. The third kappa shape index (κ3) is 6.30. The summed E-state index contributed by atoms with van der Waals surface area (Å²) in [6.07, 6.45) is 1.07. The number of quaternary nitrogens is 1. The van der Waals surface area contributed by atoms with Gasteiger partial charge in [-0.1, -0.05) is 35.9 Å². The molecule has 0 aromatic heterocycles. The molecule has 0 bridgehead atoms. The molecule has 0 amide bonds. The maximum Gasteiger partial charge on any atom is 0.338 e. The average Bonchev–Trinajstić information content (AvgIpc) is 3.09. The van der Waals surface area contributed by atoms with Crippen LogP contribution < -0.4 is 5.32 Å². The maximum atomic E-state index is 11.6. The highest BCUT2D eigenvalue weighted by atomic mass is 32.2. The molecule has 2 aromatic carbocycles. The lowest BCUT2D eigenvalue weighted by Gasteiger charge is -2.08. The first-order valence-corrected chi connectivity index (χ1v) is 9.37. The molecule has 134 valence electrons. The Kier molecular flexibility index (Phi) is 6.69. The van der Waals surface area contributed by atoms with Gasteiger partial charge in [0.05, 0.1) is 17.0 Å². The Balaban J connectivity index is 0.000000186. The van der Waals surface area contributed by atoms with E-state index in [1.165, 1.54) is 12.1 Å². The van der Waals surface area contributed by atoms with Crippen molar-refractivity contribution in [3.63, 3.8) is 0 Å². The van der Waals surface area contributed by atoms with E-state index in [0.717, 1.165) is 25.1 Å². The van der Waals surface area contributed by atoms with Crippen LogP contribution >= 0.6 is 0 Å². The summed E-state index contributed by atoms with van der Waals surface area (Å²) < 4.78 is 36.5. The van der Waals surface area contributed by atoms with E-state index in [4.69, 9.17) is 4.74 Å². The first-order valence-electron chi connectivity index (χ1n) is 7.96. The van der Waals surface area contributed by atoms with Gasteiger partial charge in [0.15, 0.2) is 6.10 Å². The molecule has 0 unspecified atom stereocenters. The summed E-state index contributed by atoms with van der Waals surface area (Å²) in [5.74, 6) is -0.203. The van der Waals surface area contributed by atoms with Crippen LogP contribution in [0.15, 0.2) is 59.5 Å². The van der Waals surface area contributed by atoms with Crippen molar-refractivity contribution < 1.29 is 27.8 Å². The molecular weight excluding hydrogens is 342 g/mol. The van der Waals surface area contributed by atoms with Crippen molar-refractivity contribution in [2.45, 2.75) is 24.3 Å². The number of hydrogen-bond donors (Lipinski definition) is 1. The van der Waals surface area contributed by atoms with Crippen LogP contribution in [0.5, 0.6) is 0 Å². The Morgan fingerprint density at radius 3 is 2.28 bits per heavy atom. The number of carbonyl (C=O) groups is 1. The van der Waals surface area contributed by atoms with Gasteiger partial charge in [-0.25, -0.2) is 13.2 Å². The minimum absolute atomic E-state index is 0.0997. The van der Waals surface area contributed by atoms with Gasteiger partial charge < -0.3 is 14.6 Å². The van der Waals surface area contributed by atoms with E-state index in [1.807, 2.05) is 25.1 Å². The van der Waals surface area contributed by atoms with Crippen LogP contribution in [-0.4, -0.2) is 38.1 Å². The lowest BCUT2D eigenvalue weighted by Crippen LogP contribution is -2.81. The molecular formula is C18H21NO5S. The van der Waals surface area contributed by atoms with Gasteiger partial charge >= 0.3 is 5.97 Å². The van der Waals surface area contributed by atoms with Crippen LogP contribution in [0.1, 0.15) is 22.3 Å². The number of esters is 1. The fraction of sp³-hybridized carbons (Fsp3) is 0.278. The van der Waals surface area contributed by atoms with Gasteiger partial charge in [-0.05, 0) is 31.2 Å². The molecule has 0 radical (unpaired) electrons. The first-order chi connectivity index (χ1) is 11.9. The number of aryl methyl sites for hydroxylation is 1. The summed E-state index contributed by atoms with van der Waals surface area (Å²) in [4.78, 5) is 11.4. The third-order valence-electron chi connectivity index (χ3n) is 3.72. The third-order valence-corrected chi connectivity index (χ3v) is 4.56. The summed E-state index contributed by atoms with van der Waals surface area (Å²) in [6, 6.07) is 14.9. The number of nitrogens with two attached hydrogens (primary N) is 1. The van der Waals surface area contributed by atoms with E-state index in [-0.39, 0.29) is 17.0 Å². The number of ether oxygens (including phenoxy) is 1. The number of benzene rings is 2. The zero-order valence-electron chi connectivity index (χ0n) is 13.9. The molecule has 0 saturated carbocycles. The average molecular weight is 363 g/mol. The van der Waals surface area contributed by atoms with Gasteiger partial charge in [0.1, 0.15) is 16.7 Å². The monoisotopic (exact) mass is 363 g/mol. The Morgan fingerprint density at radius 2 is 1.76 bits per heavy atom. The van der Waals surface area contributed by atoms with Crippen LogP contribution in [-0.2, 0) is 14.9 Å². The molecule has 25 heavy (non-hydrogen) atoms. The summed E-state index contributed by atoms with van der Waals surface area (Å²) >= 11 is 0. The molecule has 1 aliphatic rings. The van der Waals surface area contributed by atoms with E-state index in [9.17, 15) is 17.8 Å². The van der Waals surface area contributed by atoms with E-state index < -0.39 is 10.1 Å². The SMILES string of the molecule is Cc1ccc(S(=O)(=O)[O-])cc1.O=C(O[C@H]1CC[NH2+]C1)c1ccccc1. The van der Waals surface area contributed by atoms with Gasteiger partial charge in [0.25, 0.3) is 0 Å². The molecule has 1 saturated heterocycles. The topological polar surface area (TPSA) is 100 Å². The molecule has 1 heterocycles. The molecule has 1 atom stereocenters. The lowest BCUT2D eigenvalue weighted by molar-refractivity contribution is -0.638. The van der Waals surface area contributed by atoms with E-state index in [1.54, 1.807) is 24.3 Å². The number of carbonyl (C=O) groups excluding carboxylic acids is 1. The Bertz CT molecular complexity index is 782. The van der Waals surface area contributed by atoms with Crippen LogP contribution in [0.4, 0.5) is 0 Å². The summed E-state index contributed by atoms with van der Waals surface area (Å²) in [7, 11) is -4.27. The van der Waals surface area contributed by atoms with Crippen molar-refractivity contribution in [1.82, 2.24) is 0 Å². The highest BCUT2D eigenvalue weighted by molar-refractivity contribution is 7.85. The van der Waals surface area contributed by atoms with Gasteiger partial charge in [0, 0.05) is 6.42 Å². The van der Waals surface area contributed by atoms with Crippen LogP contribution in [0.3, 0.4) is 0 Å². The normalized spacial score (nSPS) is 16.6. The van der Waals surface area contributed by atoms with Gasteiger partial charge in [-0.15, -0.1) is 0 Å². The predicted octanol–water partition coefficient (Wildman–Crippen LogP) is 1.08. The Morgan fingerprint density at radius 1 is 1.12 bits per heavy atom. The Hall–Kier alpha value is -2.22. The summed E-state index contributed by atoms with van der Waals surface area (Å²) in [5.41, 5.74) is 1.57. The molecule has 2 aromatic rings. The maximum absolute atomic E-state index is 11.6. The van der Waals surface area contributed by atoms with Crippen molar-refractivity contribution in [3.05, 3.63) is 65.7 Å². The van der Waals surface area contributed by atoms with Gasteiger partial charge in [-0.2, -0.15) is 0 Å². The van der Waals surface area contributed by atoms with Crippen molar-refractivity contribution >= 4 is 16.1 Å². The summed E-state index contributed by atoms with van der Waals surface area (Å²) in [6.45, 7) is 3.78. The molecule has 0 aliphatic carbocycles. The molecule has 7 heteroatoms. The second-order valence-corrected chi connectivity index (χ2v) is 7.14. The van der Waals surface area contributed by atoms with E-state index in [2.05, 4.69) is 5.32 Å². The zero-order valence-corrected chi connectivity index (χ0v) is 14.7. The molecule has 2 N–H and O–H groups in total. The molecule has 3 rings (SSSR count). The summed E-state index contributed by atoms with van der Waals surface area (Å²) in [5, 5.41) is 2.17. The van der Waals surface area contributed by atoms with E-state index in [0.29, 0.717) is 5.56 Å². The highest BCUT2D eigenvalue weighted by Crippen LogP contribution is 2.08. The highest BCUT2D eigenvalue weighted by Gasteiger charge is 2.22. The van der Waals surface area contributed by atoms with Crippen molar-refractivity contribution in [2.75, 3.05) is 13.1 Å². The lowest BCUT2D eigenvalue weighted by atomic mass is 10.2. The smallest absolute Gasteiger partial charge is 0.338 e. The fourth-order valence-electron chi connectivity index (χ4n) is 2.33. The minimum Gasteiger partial charge on any atom is -0.744 e. The largest absolute Gasteiger partial charge is 0.744 e. The number of rotatable bonds is 3. The van der Waals surface area contributed by atoms with Gasteiger partial charge in [-0.3, -0.25) is 0 Å². The second kappa shape index (κ2) is 8.75. The van der Waals surface area contributed by atoms with Crippen LogP contribution in [0, 0.1) is 6.92 Å². The molecule has 6 nitrogen and oxygen atoms in total. The van der Waals surface area contributed by atoms with Crippen LogP contribution in [0.25, 0.3) is 0 Å². The van der Waals surface area contributed by atoms with Crippen LogP contribution in [0.2, 0.25) is 0 Å².